The summed E-state index contributed by atoms with van der Waals surface area (Å²) in [5.74, 6) is -0.346. The quantitative estimate of drug-likeness (QED) is 0.741. The number of nitrogens with one attached hydrogen (secondary N) is 2. The predicted octanol–water partition coefficient (Wildman–Crippen LogP) is 2.56. The minimum absolute atomic E-state index is 0.00517. The summed E-state index contributed by atoms with van der Waals surface area (Å²) < 4.78 is 5.99. The Morgan fingerprint density at radius 2 is 2.13 bits per heavy atom. The molecule has 0 radical (unpaired) electrons. The summed E-state index contributed by atoms with van der Waals surface area (Å²) in [5, 5.41) is 6.26. The van der Waals surface area contributed by atoms with Gasteiger partial charge in [0.25, 0.3) is 0 Å². The van der Waals surface area contributed by atoms with E-state index in [-0.39, 0.29) is 30.3 Å². The van der Waals surface area contributed by atoms with Gasteiger partial charge in [0.05, 0.1) is 25.0 Å². The molecule has 0 spiro atoms. The lowest BCUT2D eigenvalue weighted by Crippen LogP contribution is -2.42. The van der Waals surface area contributed by atoms with Gasteiger partial charge in [0.2, 0.25) is 5.91 Å². The fourth-order valence-electron chi connectivity index (χ4n) is 2.70. The van der Waals surface area contributed by atoms with E-state index in [1.165, 1.54) is 0 Å². The van der Waals surface area contributed by atoms with Crippen LogP contribution in [0.1, 0.15) is 37.8 Å². The summed E-state index contributed by atoms with van der Waals surface area (Å²) in [7, 11) is 0. The number of esters is 1. The average molecular weight is 383 g/mol. The Balaban J connectivity index is 2.07. The molecule has 1 aliphatic heterocycles. The van der Waals surface area contributed by atoms with Crippen molar-refractivity contribution in [1.82, 2.24) is 10.6 Å². The maximum absolute atomic E-state index is 12.5. The Kier molecular flexibility index (Phi) is 7.05. The monoisotopic (exact) mass is 382 g/mol. The largest absolute Gasteiger partial charge is 0.466 e. The number of amides is 1. The standard InChI is InChI=1S/C17H23BrN2O3/c1-2-23-16(21)10-15(12-5-7-14(18)8-6-12)20-17(22)13-4-3-9-19-11-13/h5-8,13,15,19H,2-4,9-11H2,1H3,(H,20,22). The van der Waals surface area contributed by atoms with Crippen LogP contribution in [0.2, 0.25) is 0 Å². The van der Waals surface area contributed by atoms with Crippen LogP contribution < -0.4 is 10.6 Å². The topological polar surface area (TPSA) is 67.4 Å². The molecule has 1 fully saturated rings. The summed E-state index contributed by atoms with van der Waals surface area (Å²) in [4.78, 5) is 24.3. The Hall–Kier alpha value is -1.40. The normalized spacial score (nSPS) is 19.0. The van der Waals surface area contributed by atoms with Crippen molar-refractivity contribution in [2.75, 3.05) is 19.7 Å². The molecule has 0 bridgehead atoms. The molecule has 0 saturated carbocycles. The van der Waals surface area contributed by atoms with Crippen molar-refractivity contribution in [2.24, 2.45) is 5.92 Å². The van der Waals surface area contributed by atoms with Gasteiger partial charge in [-0.1, -0.05) is 28.1 Å². The van der Waals surface area contributed by atoms with E-state index in [2.05, 4.69) is 26.6 Å². The number of carbonyl (C=O) groups excluding carboxylic acids is 2. The van der Waals surface area contributed by atoms with Gasteiger partial charge in [-0.3, -0.25) is 9.59 Å². The van der Waals surface area contributed by atoms with Crippen LogP contribution in [-0.2, 0) is 14.3 Å². The van der Waals surface area contributed by atoms with Crippen LogP contribution in [0.3, 0.4) is 0 Å². The lowest BCUT2D eigenvalue weighted by Gasteiger charge is -2.25. The van der Waals surface area contributed by atoms with Crippen LogP contribution in [-0.4, -0.2) is 31.6 Å². The molecule has 1 aliphatic rings. The van der Waals surface area contributed by atoms with E-state index in [1.54, 1.807) is 6.92 Å². The molecule has 1 amide bonds. The first-order chi connectivity index (χ1) is 11.1. The molecule has 2 rings (SSSR count). The molecule has 1 saturated heterocycles. The summed E-state index contributed by atoms with van der Waals surface area (Å²) in [6.07, 6.45) is 2.02. The first-order valence-electron chi connectivity index (χ1n) is 8.02. The number of rotatable bonds is 6. The maximum atomic E-state index is 12.5. The van der Waals surface area contributed by atoms with Crippen LogP contribution >= 0.6 is 15.9 Å². The van der Waals surface area contributed by atoms with Gasteiger partial charge >= 0.3 is 5.97 Å². The molecular weight excluding hydrogens is 360 g/mol. The van der Waals surface area contributed by atoms with Crippen molar-refractivity contribution >= 4 is 27.8 Å². The lowest BCUT2D eigenvalue weighted by atomic mass is 9.97. The first kappa shape index (κ1) is 17.9. The van der Waals surface area contributed by atoms with Gasteiger partial charge < -0.3 is 15.4 Å². The van der Waals surface area contributed by atoms with Crippen molar-refractivity contribution in [1.29, 1.82) is 0 Å². The molecule has 0 aromatic heterocycles. The summed E-state index contributed by atoms with van der Waals surface area (Å²) >= 11 is 3.40. The first-order valence-corrected chi connectivity index (χ1v) is 8.81. The molecule has 0 aliphatic carbocycles. The van der Waals surface area contributed by atoms with Crippen LogP contribution in [0.25, 0.3) is 0 Å². The average Bonchev–Trinajstić information content (AvgIpc) is 2.56. The van der Waals surface area contributed by atoms with Gasteiger partial charge in [-0.2, -0.15) is 0 Å². The van der Waals surface area contributed by atoms with Crippen molar-refractivity contribution < 1.29 is 14.3 Å². The summed E-state index contributed by atoms with van der Waals surface area (Å²) in [6, 6.07) is 7.27. The SMILES string of the molecule is CCOC(=O)CC(NC(=O)C1CCCNC1)c1ccc(Br)cc1. The zero-order valence-electron chi connectivity index (χ0n) is 13.3. The van der Waals surface area contributed by atoms with E-state index < -0.39 is 0 Å². The van der Waals surface area contributed by atoms with Crippen molar-refractivity contribution in [3.63, 3.8) is 0 Å². The number of benzene rings is 1. The van der Waals surface area contributed by atoms with Gasteiger partial charge in [0.15, 0.2) is 0 Å². The van der Waals surface area contributed by atoms with E-state index in [0.29, 0.717) is 13.2 Å². The second-order valence-corrected chi connectivity index (χ2v) is 6.58. The van der Waals surface area contributed by atoms with E-state index >= 15 is 0 Å². The highest BCUT2D eigenvalue weighted by Gasteiger charge is 2.25. The van der Waals surface area contributed by atoms with Crippen LogP contribution in [0.5, 0.6) is 0 Å². The van der Waals surface area contributed by atoms with E-state index in [9.17, 15) is 9.59 Å². The van der Waals surface area contributed by atoms with E-state index in [1.807, 2.05) is 24.3 Å². The van der Waals surface area contributed by atoms with Gasteiger partial charge in [0.1, 0.15) is 0 Å². The molecule has 6 heteroatoms. The van der Waals surface area contributed by atoms with Gasteiger partial charge in [-0.15, -0.1) is 0 Å². The number of piperidine rings is 1. The Morgan fingerprint density at radius 1 is 1.39 bits per heavy atom. The third kappa shape index (κ3) is 5.62. The summed E-state index contributed by atoms with van der Waals surface area (Å²) in [6.45, 7) is 3.77. The third-order valence-electron chi connectivity index (χ3n) is 3.93. The minimum Gasteiger partial charge on any atom is -0.466 e. The zero-order valence-corrected chi connectivity index (χ0v) is 14.9. The fraction of sp³-hybridized carbons (Fsp3) is 0.529. The molecular formula is C17H23BrN2O3. The molecule has 2 atom stereocenters. The second kappa shape index (κ2) is 9.03. The Bertz CT molecular complexity index is 527. The number of ether oxygens (including phenoxy) is 1. The van der Waals surface area contributed by atoms with Crippen LogP contribution in [0.4, 0.5) is 0 Å². The minimum atomic E-state index is -0.364. The van der Waals surface area contributed by atoms with Crippen molar-refractivity contribution in [3.05, 3.63) is 34.3 Å². The molecule has 1 aromatic rings. The smallest absolute Gasteiger partial charge is 0.308 e. The van der Waals surface area contributed by atoms with Gasteiger partial charge in [0, 0.05) is 11.0 Å². The molecule has 2 N–H and O–H groups in total. The van der Waals surface area contributed by atoms with Crippen LogP contribution in [0, 0.1) is 5.92 Å². The molecule has 23 heavy (non-hydrogen) atoms. The van der Waals surface area contributed by atoms with E-state index in [0.717, 1.165) is 29.4 Å². The van der Waals surface area contributed by atoms with Crippen LogP contribution in [0.15, 0.2) is 28.7 Å². The highest BCUT2D eigenvalue weighted by molar-refractivity contribution is 9.10. The second-order valence-electron chi connectivity index (χ2n) is 5.67. The predicted molar refractivity (Wildman–Crippen MR) is 91.9 cm³/mol. The third-order valence-corrected chi connectivity index (χ3v) is 4.46. The Labute approximate surface area is 145 Å². The van der Waals surface area contributed by atoms with Crippen molar-refractivity contribution in [3.8, 4) is 0 Å². The molecule has 5 nitrogen and oxygen atoms in total. The molecule has 2 unspecified atom stereocenters. The number of carbonyl (C=O) groups is 2. The van der Waals surface area contributed by atoms with Gasteiger partial charge in [-0.05, 0) is 44.0 Å². The number of hydrogen-bond donors (Lipinski definition) is 2. The maximum Gasteiger partial charge on any atom is 0.308 e. The number of hydrogen-bond acceptors (Lipinski definition) is 4. The lowest BCUT2D eigenvalue weighted by molar-refractivity contribution is -0.144. The Morgan fingerprint density at radius 3 is 2.74 bits per heavy atom. The van der Waals surface area contributed by atoms with Crippen molar-refractivity contribution in [2.45, 2.75) is 32.2 Å². The number of halogens is 1. The highest BCUT2D eigenvalue weighted by Crippen LogP contribution is 2.22. The molecule has 1 aromatic carbocycles. The fourth-order valence-corrected chi connectivity index (χ4v) is 2.96. The van der Waals surface area contributed by atoms with Gasteiger partial charge in [-0.25, -0.2) is 0 Å². The molecule has 126 valence electrons. The molecule has 1 heterocycles. The van der Waals surface area contributed by atoms with E-state index in [4.69, 9.17) is 4.74 Å². The highest BCUT2D eigenvalue weighted by atomic mass is 79.9. The zero-order chi connectivity index (χ0) is 16.7. The summed E-state index contributed by atoms with van der Waals surface area (Å²) in [5.41, 5.74) is 0.901.